The van der Waals surface area contributed by atoms with Crippen molar-refractivity contribution in [3.05, 3.63) is 42.5 Å². The molecule has 0 unspecified atom stereocenters. The number of carbonyl (C=O) groups is 1. The molecule has 1 amide bonds. The highest BCUT2D eigenvalue weighted by Gasteiger charge is 2.15. The minimum absolute atomic E-state index is 0.0597. The third-order valence-corrected chi connectivity index (χ3v) is 3.61. The average Bonchev–Trinajstić information content (AvgIpc) is 2.92. The van der Waals surface area contributed by atoms with Gasteiger partial charge in [0.2, 0.25) is 5.91 Å². The first-order valence-electron chi connectivity index (χ1n) is 7.10. The Bertz CT molecular complexity index is 871. The Morgan fingerprint density at radius 1 is 1.13 bits per heavy atom. The summed E-state index contributed by atoms with van der Waals surface area (Å²) < 4.78 is 12.4. The monoisotopic (exact) mass is 311 g/mol. The number of nitrogens with zero attached hydrogens (tertiary/aromatic N) is 2. The molecule has 1 heterocycles. The number of ether oxygens (including phenoxy) is 2. The number of imidazole rings is 1. The van der Waals surface area contributed by atoms with E-state index >= 15 is 0 Å². The van der Waals surface area contributed by atoms with Crippen molar-refractivity contribution in [3.8, 4) is 22.9 Å². The van der Waals surface area contributed by atoms with Crippen LogP contribution in [0.15, 0.2) is 42.5 Å². The van der Waals surface area contributed by atoms with E-state index in [0.717, 1.165) is 16.6 Å². The summed E-state index contributed by atoms with van der Waals surface area (Å²) in [7, 11) is 3.16. The van der Waals surface area contributed by atoms with E-state index in [1.54, 1.807) is 18.8 Å². The zero-order valence-electron chi connectivity index (χ0n) is 12.9. The number of nitrogens with two attached hydrogens (primary N) is 1. The van der Waals surface area contributed by atoms with Crippen molar-refractivity contribution in [1.82, 2.24) is 9.55 Å². The van der Waals surface area contributed by atoms with Crippen molar-refractivity contribution >= 4 is 16.9 Å². The van der Waals surface area contributed by atoms with E-state index in [1.807, 2.05) is 42.5 Å². The van der Waals surface area contributed by atoms with E-state index in [4.69, 9.17) is 15.2 Å². The quantitative estimate of drug-likeness (QED) is 0.783. The number of fused-ring (bicyclic) bond motifs is 1. The van der Waals surface area contributed by atoms with E-state index in [0.29, 0.717) is 17.3 Å². The third-order valence-electron chi connectivity index (χ3n) is 3.61. The van der Waals surface area contributed by atoms with Crippen LogP contribution >= 0.6 is 0 Å². The van der Waals surface area contributed by atoms with Crippen LogP contribution in [0.5, 0.6) is 11.5 Å². The lowest BCUT2D eigenvalue weighted by molar-refractivity contribution is -0.118. The van der Waals surface area contributed by atoms with E-state index in [9.17, 15) is 4.79 Å². The van der Waals surface area contributed by atoms with Crippen LogP contribution in [0.4, 0.5) is 0 Å². The minimum atomic E-state index is -0.421. The van der Waals surface area contributed by atoms with Gasteiger partial charge in [0.1, 0.15) is 12.4 Å². The Balaban J connectivity index is 2.21. The molecule has 2 aromatic carbocycles. The average molecular weight is 311 g/mol. The van der Waals surface area contributed by atoms with Gasteiger partial charge in [0.05, 0.1) is 25.3 Å². The van der Waals surface area contributed by atoms with Gasteiger partial charge in [-0.25, -0.2) is 4.98 Å². The second-order valence-electron chi connectivity index (χ2n) is 5.05. The molecular formula is C17H17N3O3. The Labute approximate surface area is 133 Å². The summed E-state index contributed by atoms with van der Waals surface area (Å²) in [5.41, 5.74) is 7.87. The smallest absolute Gasteiger partial charge is 0.237 e. The Hall–Kier alpha value is -3.02. The van der Waals surface area contributed by atoms with Crippen LogP contribution in [-0.4, -0.2) is 29.7 Å². The lowest BCUT2D eigenvalue weighted by Crippen LogP contribution is -2.19. The zero-order chi connectivity index (χ0) is 16.4. The molecule has 0 aliphatic heterocycles. The van der Waals surface area contributed by atoms with Gasteiger partial charge < -0.3 is 19.8 Å². The molecule has 1 aromatic heterocycles. The predicted molar refractivity (Wildman–Crippen MR) is 87.5 cm³/mol. The van der Waals surface area contributed by atoms with Gasteiger partial charge in [0.25, 0.3) is 0 Å². The number of para-hydroxylation sites is 2. The number of rotatable bonds is 5. The van der Waals surface area contributed by atoms with E-state index < -0.39 is 5.91 Å². The van der Waals surface area contributed by atoms with Crippen LogP contribution in [0.25, 0.3) is 22.4 Å². The molecule has 2 N–H and O–H groups in total. The molecule has 0 fully saturated rings. The van der Waals surface area contributed by atoms with Crippen molar-refractivity contribution in [2.24, 2.45) is 5.73 Å². The maximum atomic E-state index is 11.4. The van der Waals surface area contributed by atoms with E-state index in [1.165, 1.54) is 0 Å². The van der Waals surface area contributed by atoms with Crippen LogP contribution in [0.2, 0.25) is 0 Å². The molecule has 6 heteroatoms. The molecule has 0 radical (unpaired) electrons. The first kappa shape index (κ1) is 14.9. The summed E-state index contributed by atoms with van der Waals surface area (Å²) in [4.78, 5) is 16.1. The third kappa shape index (κ3) is 2.70. The summed E-state index contributed by atoms with van der Waals surface area (Å²) >= 11 is 0. The van der Waals surface area contributed by atoms with Crippen molar-refractivity contribution in [2.45, 2.75) is 6.54 Å². The van der Waals surface area contributed by atoms with Crippen molar-refractivity contribution in [2.75, 3.05) is 14.2 Å². The number of hydrogen-bond donors (Lipinski definition) is 1. The van der Waals surface area contributed by atoms with Gasteiger partial charge in [-0.3, -0.25) is 4.79 Å². The molecule has 23 heavy (non-hydrogen) atoms. The van der Waals surface area contributed by atoms with Crippen molar-refractivity contribution in [1.29, 1.82) is 0 Å². The number of methoxy groups -OCH3 is 2. The lowest BCUT2D eigenvalue weighted by atomic mass is 10.2. The molecule has 0 aliphatic rings. The van der Waals surface area contributed by atoms with Crippen LogP contribution in [-0.2, 0) is 11.3 Å². The Morgan fingerprint density at radius 2 is 1.87 bits per heavy atom. The number of carbonyl (C=O) groups excluding carboxylic acids is 1. The van der Waals surface area contributed by atoms with Gasteiger partial charge >= 0.3 is 0 Å². The highest BCUT2D eigenvalue weighted by molar-refractivity contribution is 5.84. The molecule has 118 valence electrons. The Morgan fingerprint density at radius 3 is 2.57 bits per heavy atom. The standard InChI is InChI=1S/C17H17N3O3/c1-22-14-8-7-11(9-15(14)23-2)17-19-12-5-3-4-6-13(12)20(17)10-16(18)21/h3-9H,10H2,1-2H3,(H2,18,21). The molecule has 0 bridgehead atoms. The van der Waals surface area contributed by atoms with Crippen LogP contribution < -0.4 is 15.2 Å². The fourth-order valence-corrected chi connectivity index (χ4v) is 2.59. The summed E-state index contributed by atoms with van der Waals surface area (Å²) in [6.07, 6.45) is 0. The zero-order valence-corrected chi connectivity index (χ0v) is 12.9. The summed E-state index contributed by atoms with van der Waals surface area (Å²) in [6, 6.07) is 13.1. The van der Waals surface area contributed by atoms with E-state index in [2.05, 4.69) is 4.98 Å². The lowest BCUT2D eigenvalue weighted by Gasteiger charge is -2.11. The molecule has 0 atom stereocenters. The van der Waals surface area contributed by atoms with Gasteiger partial charge in [-0.05, 0) is 30.3 Å². The fraction of sp³-hybridized carbons (Fsp3) is 0.176. The van der Waals surface area contributed by atoms with Crippen molar-refractivity contribution < 1.29 is 14.3 Å². The van der Waals surface area contributed by atoms with Crippen LogP contribution in [0.3, 0.4) is 0 Å². The highest BCUT2D eigenvalue weighted by Crippen LogP contribution is 2.33. The molecule has 3 rings (SSSR count). The van der Waals surface area contributed by atoms with Gasteiger partial charge in [-0.2, -0.15) is 0 Å². The molecule has 0 spiro atoms. The molecule has 0 aliphatic carbocycles. The summed E-state index contributed by atoms with van der Waals surface area (Å²) in [5.74, 6) is 1.47. The first-order chi connectivity index (χ1) is 11.1. The topological polar surface area (TPSA) is 79.4 Å². The van der Waals surface area contributed by atoms with Gasteiger partial charge in [-0.1, -0.05) is 12.1 Å². The van der Waals surface area contributed by atoms with Crippen LogP contribution in [0.1, 0.15) is 0 Å². The maximum Gasteiger partial charge on any atom is 0.237 e. The van der Waals surface area contributed by atoms with Gasteiger partial charge in [0.15, 0.2) is 11.5 Å². The molecule has 0 saturated carbocycles. The van der Waals surface area contributed by atoms with Crippen LogP contribution in [0, 0.1) is 0 Å². The van der Waals surface area contributed by atoms with Crippen molar-refractivity contribution in [3.63, 3.8) is 0 Å². The number of amides is 1. The normalized spacial score (nSPS) is 10.7. The fourth-order valence-electron chi connectivity index (χ4n) is 2.59. The number of primary amides is 1. The van der Waals surface area contributed by atoms with Gasteiger partial charge in [0, 0.05) is 5.56 Å². The molecule has 0 saturated heterocycles. The SMILES string of the molecule is COc1ccc(-c2nc3ccccc3n2CC(N)=O)cc1OC. The summed E-state index contributed by atoms with van der Waals surface area (Å²) in [6.45, 7) is 0.0597. The van der Waals surface area contributed by atoms with Gasteiger partial charge in [-0.15, -0.1) is 0 Å². The second kappa shape index (κ2) is 6.00. The first-order valence-corrected chi connectivity index (χ1v) is 7.10. The predicted octanol–water partition coefficient (Wildman–Crippen LogP) is 2.21. The van der Waals surface area contributed by atoms with E-state index in [-0.39, 0.29) is 6.54 Å². The Kier molecular flexibility index (Phi) is 3.89. The molecular weight excluding hydrogens is 294 g/mol. The molecule has 6 nitrogen and oxygen atoms in total. The number of hydrogen-bond acceptors (Lipinski definition) is 4. The number of aromatic nitrogens is 2. The second-order valence-corrected chi connectivity index (χ2v) is 5.05. The largest absolute Gasteiger partial charge is 0.493 e. The highest BCUT2D eigenvalue weighted by atomic mass is 16.5. The summed E-state index contributed by atoms with van der Waals surface area (Å²) in [5, 5.41) is 0. The minimum Gasteiger partial charge on any atom is -0.493 e. The number of benzene rings is 2. The molecule has 3 aromatic rings. The maximum absolute atomic E-state index is 11.4.